The monoisotopic (exact) mass is 320 g/mol. The van der Waals surface area contributed by atoms with Crippen LogP contribution in [0.4, 0.5) is 4.79 Å². The van der Waals surface area contributed by atoms with Crippen LogP contribution in [0.3, 0.4) is 0 Å². The second-order valence-corrected chi connectivity index (χ2v) is 5.58. The van der Waals surface area contributed by atoms with E-state index in [4.69, 9.17) is 9.76 Å². The summed E-state index contributed by atoms with van der Waals surface area (Å²) in [6.07, 6.45) is 1.23. The predicted octanol–water partition coefficient (Wildman–Crippen LogP) is 0.918. The Labute approximate surface area is 135 Å². The Bertz CT molecular complexity index is 528. The molecule has 2 atom stereocenters. The van der Waals surface area contributed by atoms with E-state index in [0.29, 0.717) is 25.8 Å². The minimum Gasteiger partial charge on any atom is -0.481 e. The number of nitrogens with one attached hydrogen (secondary N) is 2. The summed E-state index contributed by atoms with van der Waals surface area (Å²) in [7, 11) is -1.12. The Morgan fingerprint density at radius 2 is 2.00 bits per heavy atom. The lowest BCUT2D eigenvalue weighted by Gasteiger charge is -2.31. The Balaban J connectivity index is 1.71. The van der Waals surface area contributed by atoms with Gasteiger partial charge in [0.2, 0.25) is 0 Å². The van der Waals surface area contributed by atoms with Gasteiger partial charge in [-0.1, -0.05) is 30.3 Å². The Morgan fingerprint density at radius 1 is 1.26 bits per heavy atom. The second kappa shape index (κ2) is 8.54. The summed E-state index contributed by atoms with van der Waals surface area (Å²) in [4.78, 5) is 22.4. The van der Waals surface area contributed by atoms with Gasteiger partial charge in [-0.2, -0.15) is 0 Å². The zero-order valence-corrected chi connectivity index (χ0v) is 12.8. The van der Waals surface area contributed by atoms with Crippen LogP contribution < -0.4 is 10.6 Å². The lowest BCUT2D eigenvalue weighted by molar-refractivity contribution is -0.137. The topological polar surface area (TPSA) is 108 Å². The summed E-state index contributed by atoms with van der Waals surface area (Å²) in [5.74, 6) is -1.38. The molecule has 0 spiro atoms. The Hall–Kier alpha value is -2.06. The molecule has 0 aliphatic carbocycles. The molecule has 23 heavy (non-hydrogen) atoms. The van der Waals surface area contributed by atoms with E-state index < -0.39 is 19.0 Å². The molecule has 2 amide bonds. The molecule has 1 aliphatic heterocycles. The lowest BCUT2D eigenvalue weighted by Crippen LogP contribution is -2.54. The van der Waals surface area contributed by atoms with Crippen LogP contribution in [-0.4, -0.2) is 41.3 Å². The summed E-state index contributed by atoms with van der Waals surface area (Å²) in [5, 5.41) is 24.0. The highest BCUT2D eigenvalue weighted by molar-refractivity contribution is 6.45. The molecule has 1 aromatic carbocycles. The van der Waals surface area contributed by atoms with E-state index in [9.17, 15) is 14.6 Å². The summed E-state index contributed by atoms with van der Waals surface area (Å²) < 4.78 is 5.36. The molecule has 1 unspecified atom stereocenters. The van der Waals surface area contributed by atoms with Gasteiger partial charge in [-0.05, 0) is 24.8 Å². The fourth-order valence-corrected chi connectivity index (χ4v) is 2.51. The van der Waals surface area contributed by atoms with E-state index in [0.717, 1.165) is 5.56 Å². The molecule has 1 aromatic rings. The number of amides is 2. The van der Waals surface area contributed by atoms with Gasteiger partial charge in [0.05, 0.1) is 5.94 Å². The van der Waals surface area contributed by atoms with Gasteiger partial charge in [0.15, 0.2) is 0 Å². The lowest BCUT2D eigenvalue weighted by atomic mass is 9.72. The van der Waals surface area contributed by atoms with E-state index in [-0.39, 0.29) is 18.6 Å². The number of benzene rings is 1. The number of hydrogen-bond acceptors (Lipinski definition) is 4. The van der Waals surface area contributed by atoms with Crippen LogP contribution in [0.15, 0.2) is 30.3 Å². The third-order valence-corrected chi connectivity index (χ3v) is 3.77. The largest absolute Gasteiger partial charge is 0.481 e. The second-order valence-electron chi connectivity index (χ2n) is 5.58. The average Bonchev–Trinajstić information content (AvgIpc) is 2.54. The first kappa shape index (κ1) is 17.3. The van der Waals surface area contributed by atoms with Gasteiger partial charge in [-0.3, -0.25) is 4.79 Å². The summed E-state index contributed by atoms with van der Waals surface area (Å²) >= 11 is 0. The van der Waals surface area contributed by atoms with Crippen molar-refractivity contribution in [3.05, 3.63) is 35.9 Å². The Morgan fingerprint density at radius 3 is 2.65 bits per heavy atom. The van der Waals surface area contributed by atoms with Gasteiger partial charge in [0, 0.05) is 19.1 Å². The highest BCUT2D eigenvalue weighted by Gasteiger charge is 2.35. The van der Waals surface area contributed by atoms with Gasteiger partial charge in [-0.25, -0.2) is 4.79 Å². The maximum Gasteiger partial charge on any atom is 0.478 e. The molecule has 124 valence electrons. The number of carbonyl (C=O) groups excluding carboxylic acids is 1. The molecule has 7 nitrogen and oxygen atoms in total. The number of aliphatic carboxylic acids is 1. The standard InChI is InChI=1S/C15H21BN2O5/c19-14(20)9-7-12-6-8-13(16(22)23-12)18-15(21)17-10-11-4-2-1-3-5-11/h1-5,12-13,22H,6-10H2,(H,19,20)(H2,17,18,21)/t12?,13-/m0/s1. The number of carbonyl (C=O) groups is 2. The van der Waals surface area contributed by atoms with Crippen LogP contribution in [0.25, 0.3) is 0 Å². The van der Waals surface area contributed by atoms with Crippen LogP contribution in [0.5, 0.6) is 0 Å². The van der Waals surface area contributed by atoms with Gasteiger partial charge < -0.3 is 25.4 Å². The molecule has 1 aliphatic rings. The van der Waals surface area contributed by atoms with E-state index in [2.05, 4.69) is 10.6 Å². The number of rotatable bonds is 6. The van der Waals surface area contributed by atoms with Crippen molar-refractivity contribution >= 4 is 19.1 Å². The molecular formula is C15H21BN2O5. The van der Waals surface area contributed by atoms with Gasteiger partial charge in [0.1, 0.15) is 0 Å². The molecule has 0 aromatic heterocycles. The maximum atomic E-state index is 11.9. The van der Waals surface area contributed by atoms with Crippen LogP contribution in [-0.2, 0) is 16.0 Å². The number of urea groups is 1. The van der Waals surface area contributed by atoms with Crippen LogP contribution in [0.2, 0.25) is 0 Å². The van der Waals surface area contributed by atoms with Crippen molar-refractivity contribution in [1.29, 1.82) is 0 Å². The van der Waals surface area contributed by atoms with Crippen molar-refractivity contribution in [1.82, 2.24) is 10.6 Å². The highest BCUT2D eigenvalue weighted by Crippen LogP contribution is 2.19. The predicted molar refractivity (Wildman–Crippen MR) is 84.6 cm³/mol. The van der Waals surface area contributed by atoms with Crippen LogP contribution >= 0.6 is 0 Å². The fraction of sp³-hybridized carbons (Fsp3) is 0.467. The molecule has 2 rings (SSSR count). The van der Waals surface area contributed by atoms with Crippen molar-refractivity contribution in [3.63, 3.8) is 0 Å². The highest BCUT2D eigenvalue weighted by atomic mass is 16.5. The SMILES string of the molecule is O=C(O)CCC1CC[C@H](NC(=O)NCc2ccccc2)B(O)O1. The minimum absolute atomic E-state index is 0.00699. The van der Waals surface area contributed by atoms with E-state index >= 15 is 0 Å². The third-order valence-electron chi connectivity index (χ3n) is 3.77. The summed E-state index contributed by atoms with van der Waals surface area (Å²) in [6, 6.07) is 9.14. The van der Waals surface area contributed by atoms with E-state index in [1.807, 2.05) is 30.3 Å². The number of hydrogen-bond donors (Lipinski definition) is 4. The maximum absolute atomic E-state index is 11.9. The van der Waals surface area contributed by atoms with Gasteiger partial charge in [0.25, 0.3) is 0 Å². The molecule has 0 radical (unpaired) electrons. The molecule has 4 N–H and O–H groups in total. The molecular weight excluding hydrogens is 299 g/mol. The van der Waals surface area contributed by atoms with Crippen molar-refractivity contribution in [2.24, 2.45) is 0 Å². The zero-order valence-electron chi connectivity index (χ0n) is 12.8. The third kappa shape index (κ3) is 5.92. The average molecular weight is 320 g/mol. The molecule has 1 fully saturated rings. The Kier molecular flexibility index (Phi) is 6.43. The first-order chi connectivity index (χ1) is 11.0. The number of carboxylic acids is 1. The molecule has 0 saturated carbocycles. The van der Waals surface area contributed by atoms with Gasteiger partial charge >= 0.3 is 19.1 Å². The molecule has 0 bridgehead atoms. The molecule has 1 heterocycles. The van der Waals surface area contributed by atoms with Crippen molar-refractivity contribution in [2.45, 2.75) is 44.3 Å². The number of carboxylic acid groups (broad SMARTS) is 1. The molecule has 1 saturated heterocycles. The fourth-order valence-electron chi connectivity index (χ4n) is 2.51. The van der Waals surface area contributed by atoms with Gasteiger partial charge in [-0.15, -0.1) is 0 Å². The summed E-state index contributed by atoms with van der Waals surface area (Å²) in [6.45, 7) is 0.400. The van der Waals surface area contributed by atoms with Crippen LogP contribution in [0.1, 0.15) is 31.2 Å². The quantitative estimate of drug-likeness (QED) is 0.583. The molecule has 8 heteroatoms. The van der Waals surface area contributed by atoms with E-state index in [1.54, 1.807) is 0 Å². The first-order valence-corrected chi connectivity index (χ1v) is 7.68. The van der Waals surface area contributed by atoms with Crippen LogP contribution in [0, 0.1) is 0 Å². The normalized spacial score (nSPS) is 20.8. The first-order valence-electron chi connectivity index (χ1n) is 7.68. The van der Waals surface area contributed by atoms with Crippen molar-refractivity contribution < 1.29 is 24.4 Å². The summed E-state index contributed by atoms with van der Waals surface area (Å²) in [5.41, 5.74) is 0.983. The van der Waals surface area contributed by atoms with Crippen molar-refractivity contribution in [3.8, 4) is 0 Å². The van der Waals surface area contributed by atoms with E-state index in [1.165, 1.54) is 0 Å². The smallest absolute Gasteiger partial charge is 0.478 e. The van der Waals surface area contributed by atoms with Crippen molar-refractivity contribution in [2.75, 3.05) is 0 Å². The minimum atomic E-state index is -1.12. The zero-order chi connectivity index (χ0) is 16.7.